The smallest absolute Gasteiger partial charge is 0.0345 e. The van der Waals surface area contributed by atoms with Gasteiger partial charge in [0, 0.05) is 4.88 Å². The molecule has 1 heterocycles. The van der Waals surface area contributed by atoms with Gasteiger partial charge in [0.05, 0.1) is 0 Å². The van der Waals surface area contributed by atoms with Crippen molar-refractivity contribution in [1.82, 2.24) is 0 Å². The molecule has 0 radical (unpaired) electrons. The summed E-state index contributed by atoms with van der Waals surface area (Å²) in [6.07, 6.45) is 9.56. The van der Waals surface area contributed by atoms with Crippen LogP contribution in [-0.2, 0) is 0 Å². The van der Waals surface area contributed by atoms with E-state index in [0.29, 0.717) is 0 Å². The van der Waals surface area contributed by atoms with Crippen molar-refractivity contribution in [3.05, 3.63) is 65.4 Å². The molecule has 0 unspecified atom stereocenters. The number of thiophene rings is 1. The molecule has 72 valence electrons. The van der Waals surface area contributed by atoms with Crippen LogP contribution in [0.15, 0.2) is 55.0 Å². The number of aryl methyl sites for hydroxylation is 1. The second-order valence-corrected chi connectivity index (χ2v) is 3.85. The van der Waals surface area contributed by atoms with Gasteiger partial charge in [-0.15, -0.1) is 11.3 Å². The van der Waals surface area contributed by atoms with E-state index >= 15 is 0 Å². The number of allylic oxidation sites excluding steroid dienone is 6. The van der Waals surface area contributed by atoms with E-state index in [1.54, 1.807) is 23.5 Å². The van der Waals surface area contributed by atoms with Crippen LogP contribution in [-0.4, -0.2) is 0 Å². The lowest BCUT2D eigenvalue weighted by molar-refractivity contribution is 1.55. The Morgan fingerprint density at radius 2 is 2.14 bits per heavy atom. The van der Waals surface area contributed by atoms with Gasteiger partial charge in [-0.25, -0.2) is 0 Å². The van der Waals surface area contributed by atoms with Crippen LogP contribution in [0.25, 0.3) is 5.57 Å². The summed E-state index contributed by atoms with van der Waals surface area (Å²) in [5.41, 5.74) is 2.48. The van der Waals surface area contributed by atoms with Gasteiger partial charge in [-0.2, -0.15) is 0 Å². The Bertz CT molecular complexity index is 378. The average Bonchev–Trinajstić information content (AvgIpc) is 2.59. The van der Waals surface area contributed by atoms with E-state index in [0.717, 1.165) is 0 Å². The fraction of sp³-hybridized carbons (Fsp3) is 0.0769. The van der Waals surface area contributed by atoms with Gasteiger partial charge in [0.1, 0.15) is 0 Å². The van der Waals surface area contributed by atoms with Crippen molar-refractivity contribution >= 4 is 16.9 Å². The first-order valence-electron chi connectivity index (χ1n) is 4.45. The Kier molecular flexibility index (Phi) is 4.14. The molecule has 1 aromatic rings. The maximum absolute atomic E-state index is 3.71. The lowest BCUT2D eigenvalue weighted by Gasteiger charge is -1.95. The molecule has 0 N–H and O–H groups in total. The number of rotatable bonds is 4. The fourth-order valence-electron chi connectivity index (χ4n) is 1.10. The van der Waals surface area contributed by atoms with Gasteiger partial charge in [-0.1, -0.05) is 43.5 Å². The minimum absolute atomic E-state index is 1.18. The topological polar surface area (TPSA) is 0 Å². The molecule has 0 nitrogen and oxygen atoms in total. The van der Waals surface area contributed by atoms with E-state index in [2.05, 4.69) is 31.5 Å². The molecule has 0 fully saturated rings. The molecule has 0 atom stereocenters. The minimum atomic E-state index is 1.18. The van der Waals surface area contributed by atoms with Gasteiger partial charge in [0.2, 0.25) is 0 Å². The molecule has 0 spiro atoms. The zero-order valence-electron chi connectivity index (χ0n) is 8.36. The summed E-state index contributed by atoms with van der Waals surface area (Å²) in [7, 11) is 0. The van der Waals surface area contributed by atoms with Gasteiger partial charge < -0.3 is 0 Å². The Morgan fingerprint density at radius 3 is 2.64 bits per heavy atom. The first-order chi connectivity index (χ1) is 6.77. The van der Waals surface area contributed by atoms with Crippen molar-refractivity contribution in [2.24, 2.45) is 0 Å². The molecule has 0 aliphatic heterocycles. The molecule has 1 aromatic heterocycles. The average molecular weight is 202 g/mol. The third kappa shape index (κ3) is 2.86. The van der Waals surface area contributed by atoms with Crippen LogP contribution < -0.4 is 0 Å². The summed E-state index contributed by atoms with van der Waals surface area (Å²) in [5.74, 6) is 0. The Hall–Kier alpha value is -1.34. The minimum Gasteiger partial charge on any atom is -0.144 e. The second kappa shape index (κ2) is 5.40. The quantitative estimate of drug-likeness (QED) is 0.636. The second-order valence-electron chi connectivity index (χ2n) is 2.94. The highest BCUT2D eigenvalue weighted by Gasteiger charge is 1.98. The molecule has 1 heteroatoms. The lowest BCUT2D eigenvalue weighted by Crippen LogP contribution is -1.72. The van der Waals surface area contributed by atoms with Crippen LogP contribution in [0.1, 0.15) is 10.4 Å². The van der Waals surface area contributed by atoms with E-state index in [1.165, 1.54) is 16.0 Å². The van der Waals surface area contributed by atoms with E-state index in [-0.39, 0.29) is 0 Å². The Morgan fingerprint density at radius 1 is 1.36 bits per heavy atom. The first kappa shape index (κ1) is 10.7. The van der Waals surface area contributed by atoms with E-state index < -0.39 is 0 Å². The molecular formula is C13H14S. The van der Waals surface area contributed by atoms with Crippen molar-refractivity contribution in [2.45, 2.75) is 6.92 Å². The molecule has 0 aromatic carbocycles. The normalized spacial score (nSPS) is 11.9. The molecule has 0 bridgehead atoms. The van der Waals surface area contributed by atoms with Gasteiger partial charge in [-0.05, 0) is 29.5 Å². The van der Waals surface area contributed by atoms with Gasteiger partial charge in [-0.3, -0.25) is 0 Å². The number of hydrogen-bond acceptors (Lipinski definition) is 1. The Labute approximate surface area is 89.6 Å². The first-order valence-corrected chi connectivity index (χ1v) is 5.33. The van der Waals surface area contributed by atoms with Crippen molar-refractivity contribution in [3.8, 4) is 0 Å². The maximum atomic E-state index is 3.71. The monoisotopic (exact) mass is 202 g/mol. The number of hydrogen-bond donors (Lipinski definition) is 0. The highest BCUT2D eigenvalue weighted by molar-refractivity contribution is 7.11. The van der Waals surface area contributed by atoms with Crippen LogP contribution in [0.3, 0.4) is 0 Å². The summed E-state index contributed by atoms with van der Waals surface area (Å²) >= 11 is 1.75. The summed E-state index contributed by atoms with van der Waals surface area (Å²) < 4.78 is 0. The molecular weight excluding hydrogens is 188 g/mol. The maximum Gasteiger partial charge on any atom is 0.0345 e. The third-order valence-corrected chi connectivity index (χ3v) is 2.82. The standard InChI is InChI=1S/C13H14S/c1-4-6-8-12(7-5-2)13-9-11(3)10-14-13/h4-10H,1-2H2,3H3/b8-6-,12-7+. The fourth-order valence-corrected chi connectivity index (χ4v) is 2.01. The van der Waals surface area contributed by atoms with Crippen molar-refractivity contribution in [3.63, 3.8) is 0 Å². The lowest BCUT2D eigenvalue weighted by atomic mass is 10.1. The largest absolute Gasteiger partial charge is 0.144 e. The predicted octanol–water partition coefficient (Wildman–Crippen LogP) is 4.37. The molecule has 0 saturated heterocycles. The third-order valence-electron chi connectivity index (χ3n) is 1.72. The molecule has 0 saturated carbocycles. The highest BCUT2D eigenvalue weighted by Crippen LogP contribution is 2.23. The molecule has 1 rings (SSSR count). The summed E-state index contributed by atoms with van der Waals surface area (Å²) in [6.45, 7) is 9.46. The van der Waals surface area contributed by atoms with Crippen LogP contribution in [0.5, 0.6) is 0 Å². The Balaban J connectivity index is 3.00. The zero-order chi connectivity index (χ0) is 10.4. The highest BCUT2D eigenvalue weighted by atomic mass is 32.1. The van der Waals surface area contributed by atoms with Crippen LogP contribution in [0, 0.1) is 6.92 Å². The zero-order valence-corrected chi connectivity index (χ0v) is 9.18. The van der Waals surface area contributed by atoms with Crippen LogP contribution in [0.4, 0.5) is 0 Å². The van der Waals surface area contributed by atoms with E-state index in [1.807, 2.05) is 18.2 Å². The van der Waals surface area contributed by atoms with E-state index in [4.69, 9.17) is 0 Å². The van der Waals surface area contributed by atoms with E-state index in [9.17, 15) is 0 Å². The van der Waals surface area contributed by atoms with Crippen molar-refractivity contribution in [1.29, 1.82) is 0 Å². The molecule has 0 amide bonds. The van der Waals surface area contributed by atoms with Gasteiger partial charge in [0.15, 0.2) is 0 Å². The molecule has 14 heavy (non-hydrogen) atoms. The van der Waals surface area contributed by atoms with Gasteiger partial charge >= 0.3 is 0 Å². The summed E-state index contributed by atoms with van der Waals surface area (Å²) in [4.78, 5) is 1.26. The summed E-state index contributed by atoms with van der Waals surface area (Å²) in [5, 5.41) is 2.15. The SMILES string of the molecule is C=C/C=C\C(=C/C=C)c1cc(C)cs1. The van der Waals surface area contributed by atoms with Crippen molar-refractivity contribution in [2.75, 3.05) is 0 Å². The predicted molar refractivity (Wildman–Crippen MR) is 66.6 cm³/mol. The van der Waals surface area contributed by atoms with Crippen LogP contribution in [0.2, 0.25) is 0 Å². The summed E-state index contributed by atoms with van der Waals surface area (Å²) in [6, 6.07) is 2.17. The van der Waals surface area contributed by atoms with Crippen LogP contribution >= 0.6 is 11.3 Å². The van der Waals surface area contributed by atoms with Gasteiger partial charge in [0.25, 0.3) is 0 Å². The molecule has 0 aliphatic rings. The van der Waals surface area contributed by atoms with Crippen molar-refractivity contribution < 1.29 is 0 Å². The molecule has 0 aliphatic carbocycles.